The third kappa shape index (κ3) is 4.45. The molecule has 1 aromatic heterocycles. The largest absolute Gasteiger partial charge is 0.365 e. The third-order valence-corrected chi connectivity index (χ3v) is 4.85. The van der Waals surface area contributed by atoms with Crippen molar-refractivity contribution in [2.75, 3.05) is 13.1 Å². The lowest BCUT2D eigenvalue weighted by atomic mass is 10.1. The van der Waals surface area contributed by atoms with Gasteiger partial charge in [0.05, 0.1) is 23.2 Å². The summed E-state index contributed by atoms with van der Waals surface area (Å²) in [5, 5.41) is 19.6. The normalized spacial score (nSPS) is 19.3. The number of amides is 2. The molecule has 0 aromatic carbocycles. The maximum Gasteiger partial charge on any atom is 0.272 e. The van der Waals surface area contributed by atoms with Gasteiger partial charge in [-0.25, -0.2) is 4.99 Å². The van der Waals surface area contributed by atoms with E-state index in [9.17, 15) is 14.7 Å². The molecule has 2 aliphatic heterocycles. The molecule has 0 spiro atoms. The lowest BCUT2D eigenvalue weighted by Gasteiger charge is -2.20. The molecule has 1 fully saturated rings. The Morgan fingerprint density at radius 2 is 2.17 bits per heavy atom. The van der Waals surface area contributed by atoms with Gasteiger partial charge in [-0.15, -0.1) is 0 Å². The molecule has 3 rings (SSSR count). The van der Waals surface area contributed by atoms with E-state index < -0.39 is 18.0 Å². The molecule has 154 valence electrons. The van der Waals surface area contributed by atoms with Gasteiger partial charge in [0.25, 0.3) is 11.8 Å². The summed E-state index contributed by atoms with van der Waals surface area (Å²) in [5.41, 5.74) is 2.45. The van der Waals surface area contributed by atoms with Crippen LogP contribution in [0.2, 0.25) is 0 Å². The minimum Gasteiger partial charge on any atom is -0.365 e. The van der Waals surface area contributed by atoms with E-state index in [2.05, 4.69) is 27.3 Å². The predicted molar refractivity (Wildman–Crippen MR) is 109 cm³/mol. The van der Waals surface area contributed by atoms with Gasteiger partial charge in [0, 0.05) is 37.6 Å². The zero-order chi connectivity index (χ0) is 21.0. The van der Waals surface area contributed by atoms with Gasteiger partial charge in [0.15, 0.2) is 0 Å². The standard InChI is InChI=1S/C20H26N6O3/c1-4-16(14-10-22-26(5-2)12-14)23-17-13(3)21-11-15(17)18(27)24-19(28)20(29)25-8-6-7-9-25/h4,10-12,19,21,28H,3,5-9H2,1-2H3,(H,24,27)/b16-4-,23-17+. The molecule has 0 radical (unpaired) electrons. The Kier molecular flexibility index (Phi) is 6.28. The van der Waals surface area contributed by atoms with E-state index in [1.807, 2.05) is 26.1 Å². The Morgan fingerprint density at radius 3 is 2.79 bits per heavy atom. The number of aliphatic imine (C=N–C) groups is 1. The Balaban J connectivity index is 1.75. The summed E-state index contributed by atoms with van der Waals surface area (Å²) in [6, 6.07) is 0. The number of hydrogen-bond acceptors (Lipinski definition) is 6. The molecule has 0 bridgehead atoms. The molecule has 3 N–H and O–H groups in total. The second-order valence-electron chi connectivity index (χ2n) is 6.81. The summed E-state index contributed by atoms with van der Waals surface area (Å²) in [5.74, 6) is -1.10. The van der Waals surface area contributed by atoms with Gasteiger partial charge in [0.2, 0.25) is 6.23 Å². The molecule has 1 saturated heterocycles. The molecule has 1 aromatic rings. The van der Waals surface area contributed by atoms with Crippen molar-refractivity contribution in [1.82, 2.24) is 25.3 Å². The monoisotopic (exact) mass is 398 g/mol. The summed E-state index contributed by atoms with van der Waals surface area (Å²) >= 11 is 0. The molecule has 1 unspecified atom stereocenters. The molecule has 0 aliphatic carbocycles. The zero-order valence-electron chi connectivity index (χ0n) is 16.7. The second-order valence-corrected chi connectivity index (χ2v) is 6.81. The van der Waals surface area contributed by atoms with Crippen LogP contribution in [0.4, 0.5) is 0 Å². The molecule has 9 heteroatoms. The highest BCUT2D eigenvalue weighted by atomic mass is 16.3. The van der Waals surface area contributed by atoms with Gasteiger partial charge in [-0.1, -0.05) is 12.7 Å². The maximum atomic E-state index is 12.7. The van der Waals surface area contributed by atoms with Crippen molar-refractivity contribution >= 4 is 23.2 Å². The molecule has 2 amide bonds. The van der Waals surface area contributed by atoms with Crippen LogP contribution in [0.25, 0.3) is 5.70 Å². The average molecular weight is 398 g/mol. The van der Waals surface area contributed by atoms with Crippen LogP contribution in [-0.4, -0.2) is 56.6 Å². The van der Waals surface area contributed by atoms with Crippen molar-refractivity contribution in [1.29, 1.82) is 0 Å². The summed E-state index contributed by atoms with van der Waals surface area (Å²) in [7, 11) is 0. The molecular weight excluding hydrogens is 372 g/mol. The minimum absolute atomic E-state index is 0.200. The number of likely N-dealkylation sites (tertiary alicyclic amines) is 1. The van der Waals surface area contributed by atoms with Crippen LogP contribution in [0.3, 0.4) is 0 Å². The number of carbonyl (C=O) groups is 2. The number of rotatable bonds is 6. The summed E-state index contributed by atoms with van der Waals surface area (Å²) < 4.78 is 1.78. The highest BCUT2D eigenvalue weighted by Crippen LogP contribution is 2.21. The van der Waals surface area contributed by atoms with Gasteiger partial charge in [-0.05, 0) is 26.7 Å². The van der Waals surface area contributed by atoms with E-state index in [4.69, 9.17) is 0 Å². The Hall–Kier alpha value is -3.20. The SMILES string of the molecule is C=C1NC=C(C(=O)NC(O)C(=O)N2CCCC2)/C1=N/C(=C\C)c1cnn(CC)c1. The smallest absolute Gasteiger partial charge is 0.272 e. The quantitative estimate of drug-likeness (QED) is 0.613. The number of aromatic nitrogens is 2. The third-order valence-electron chi connectivity index (χ3n) is 4.85. The maximum absolute atomic E-state index is 12.7. The van der Waals surface area contributed by atoms with Gasteiger partial charge in [0.1, 0.15) is 5.71 Å². The molecule has 2 aliphatic rings. The van der Waals surface area contributed by atoms with Crippen LogP contribution >= 0.6 is 0 Å². The number of allylic oxidation sites excluding steroid dienone is 2. The number of nitrogens with zero attached hydrogens (tertiary/aromatic N) is 4. The number of carbonyl (C=O) groups excluding carboxylic acids is 2. The van der Waals surface area contributed by atoms with E-state index in [0.29, 0.717) is 30.2 Å². The van der Waals surface area contributed by atoms with Crippen molar-refractivity contribution in [3.05, 3.63) is 48.1 Å². The number of aliphatic hydroxyl groups is 1. The van der Waals surface area contributed by atoms with E-state index in [1.54, 1.807) is 15.8 Å². The van der Waals surface area contributed by atoms with Crippen LogP contribution in [-0.2, 0) is 16.1 Å². The van der Waals surface area contributed by atoms with Crippen molar-refractivity contribution < 1.29 is 14.7 Å². The Bertz CT molecular complexity index is 905. The molecule has 9 nitrogen and oxygen atoms in total. The topological polar surface area (TPSA) is 112 Å². The Labute approximate surface area is 169 Å². The first kappa shape index (κ1) is 20.5. The van der Waals surface area contributed by atoms with Gasteiger partial charge in [-0.2, -0.15) is 5.10 Å². The first-order valence-electron chi connectivity index (χ1n) is 9.66. The number of aliphatic hydroxyl groups excluding tert-OH is 1. The molecule has 0 saturated carbocycles. The van der Waals surface area contributed by atoms with Crippen LogP contribution in [0.15, 0.2) is 47.5 Å². The Morgan fingerprint density at radius 1 is 1.45 bits per heavy atom. The first-order valence-corrected chi connectivity index (χ1v) is 9.66. The van der Waals surface area contributed by atoms with Gasteiger partial charge in [-0.3, -0.25) is 14.3 Å². The van der Waals surface area contributed by atoms with E-state index >= 15 is 0 Å². The minimum atomic E-state index is -1.60. The van der Waals surface area contributed by atoms with Crippen molar-refractivity contribution in [3.8, 4) is 0 Å². The van der Waals surface area contributed by atoms with E-state index in [0.717, 1.165) is 24.9 Å². The lowest BCUT2D eigenvalue weighted by molar-refractivity contribution is -0.143. The number of nitrogens with one attached hydrogen (secondary N) is 2. The van der Waals surface area contributed by atoms with Crippen molar-refractivity contribution in [3.63, 3.8) is 0 Å². The molecular formula is C20H26N6O3. The van der Waals surface area contributed by atoms with Crippen LogP contribution in [0.5, 0.6) is 0 Å². The first-order chi connectivity index (χ1) is 13.9. The summed E-state index contributed by atoms with van der Waals surface area (Å²) in [6.07, 6.45) is 7.06. The highest BCUT2D eigenvalue weighted by Gasteiger charge is 2.30. The van der Waals surface area contributed by atoms with Crippen LogP contribution < -0.4 is 10.6 Å². The predicted octanol–water partition coefficient (Wildman–Crippen LogP) is 0.763. The van der Waals surface area contributed by atoms with Crippen LogP contribution in [0.1, 0.15) is 32.3 Å². The second kappa shape index (κ2) is 8.87. The van der Waals surface area contributed by atoms with Gasteiger partial charge < -0.3 is 20.6 Å². The van der Waals surface area contributed by atoms with Crippen LogP contribution in [0, 0.1) is 0 Å². The van der Waals surface area contributed by atoms with E-state index in [-0.39, 0.29) is 5.57 Å². The average Bonchev–Trinajstić information content (AvgIpc) is 3.46. The highest BCUT2D eigenvalue weighted by molar-refractivity contribution is 6.30. The fourth-order valence-electron chi connectivity index (χ4n) is 3.22. The number of hydrogen-bond donors (Lipinski definition) is 3. The zero-order valence-corrected chi connectivity index (χ0v) is 16.7. The van der Waals surface area contributed by atoms with E-state index in [1.165, 1.54) is 6.20 Å². The molecule has 1 atom stereocenters. The lowest BCUT2D eigenvalue weighted by Crippen LogP contribution is -2.48. The molecule has 29 heavy (non-hydrogen) atoms. The summed E-state index contributed by atoms with van der Waals surface area (Å²) in [6.45, 7) is 9.64. The fraction of sp³-hybridized carbons (Fsp3) is 0.400. The summed E-state index contributed by atoms with van der Waals surface area (Å²) in [4.78, 5) is 31.0. The molecule has 3 heterocycles. The van der Waals surface area contributed by atoms with Gasteiger partial charge >= 0.3 is 0 Å². The van der Waals surface area contributed by atoms with Crippen molar-refractivity contribution in [2.24, 2.45) is 4.99 Å². The van der Waals surface area contributed by atoms with Crippen molar-refractivity contribution in [2.45, 2.75) is 39.5 Å². The number of aryl methyl sites for hydroxylation is 1. The fourth-order valence-corrected chi connectivity index (χ4v) is 3.22.